The van der Waals surface area contributed by atoms with Crippen molar-refractivity contribution in [1.82, 2.24) is 15.0 Å². The van der Waals surface area contributed by atoms with E-state index in [-0.39, 0.29) is 11.6 Å². The van der Waals surface area contributed by atoms with Gasteiger partial charge in [-0.3, -0.25) is 9.78 Å². The van der Waals surface area contributed by atoms with Crippen molar-refractivity contribution in [2.75, 3.05) is 12.4 Å². The molecule has 27 heavy (non-hydrogen) atoms. The highest BCUT2D eigenvalue weighted by Crippen LogP contribution is 2.26. The van der Waals surface area contributed by atoms with E-state index in [9.17, 15) is 9.59 Å². The molecule has 2 aromatic carbocycles. The standard InChI is InChI=1S/C20H16N4O3/c1-27-14-5-2-4-12(10-14)18-15(6-3-9-21-18)19(25)22-13-7-8-16-17(11-13)24-20(26)23-16/h2-11H,1H3,(H,22,25)(H2,23,24,26). The number of ether oxygens (including phenoxy) is 1. The lowest BCUT2D eigenvalue weighted by atomic mass is 10.0. The Hall–Kier alpha value is -3.87. The average Bonchev–Trinajstić information content (AvgIpc) is 3.07. The summed E-state index contributed by atoms with van der Waals surface area (Å²) >= 11 is 0. The average molecular weight is 360 g/mol. The van der Waals surface area contributed by atoms with Crippen molar-refractivity contribution in [3.8, 4) is 17.0 Å². The number of imidazole rings is 1. The Bertz CT molecular complexity index is 1190. The van der Waals surface area contributed by atoms with E-state index in [1.54, 1.807) is 43.6 Å². The summed E-state index contributed by atoms with van der Waals surface area (Å²) in [5, 5.41) is 2.85. The van der Waals surface area contributed by atoms with Crippen molar-refractivity contribution in [2.45, 2.75) is 0 Å². The van der Waals surface area contributed by atoms with E-state index in [0.29, 0.717) is 33.7 Å². The maximum atomic E-state index is 12.8. The molecular formula is C20H16N4O3. The van der Waals surface area contributed by atoms with Crippen LogP contribution in [0.15, 0.2) is 65.6 Å². The highest BCUT2D eigenvalue weighted by atomic mass is 16.5. The third kappa shape index (κ3) is 3.30. The smallest absolute Gasteiger partial charge is 0.323 e. The van der Waals surface area contributed by atoms with E-state index in [2.05, 4.69) is 20.3 Å². The van der Waals surface area contributed by atoms with Crippen molar-refractivity contribution < 1.29 is 9.53 Å². The number of rotatable bonds is 4. The molecule has 0 saturated heterocycles. The Morgan fingerprint density at radius 3 is 2.74 bits per heavy atom. The number of carbonyl (C=O) groups is 1. The fourth-order valence-corrected chi connectivity index (χ4v) is 2.90. The number of fused-ring (bicyclic) bond motifs is 1. The number of benzene rings is 2. The normalized spacial score (nSPS) is 10.7. The van der Waals surface area contributed by atoms with Crippen LogP contribution in [-0.4, -0.2) is 28.0 Å². The molecule has 7 heteroatoms. The summed E-state index contributed by atoms with van der Waals surface area (Å²) in [4.78, 5) is 33.9. The monoisotopic (exact) mass is 360 g/mol. The number of methoxy groups -OCH3 is 1. The fraction of sp³-hybridized carbons (Fsp3) is 0.0500. The number of aromatic nitrogens is 3. The summed E-state index contributed by atoms with van der Waals surface area (Å²) in [7, 11) is 1.59. The first-order chi connectivity index (χ1) is 13.1. The number of nitrogens with one attached hydrogen (secondary N) is 3. The van der Waals surface area contributed by atoms with Gasteiger partial charge in [0.1, 0.15) is 5.75 Å². The van der Waals surface area contributed by atoms with Crippen LogP contribution in [0.1, 0.15) is 10.4 Å². The lowest BCUT2D eigenvalue weighted by Crippen LogP contribution is -2.13. The molecule has 0 aliphatic carbocycles. The molecule has 2 aromatic heterocycles. The largest absolute Gasteiger partial charge is 0.497 e. The van der Waals surface area contributed by atoms with E-state index in [4.69, 9.17) is 4.74 Å². The Labute approximate surface area is 154 Å². The Balaban J connectivity index is 1.68. The van der Waals surface area contributed by atoms with Crippen LogP contribution < -0.4 is 15.7 Å². The van der Waals surface area contributed by atoms with Gasteiger partial charge in [0.05, 0.1) is 29.4 Å². The zero-order chi connectivity index (χ0) is 18.8. The quantitative estimate of drug-likeness (QED) is 0.520. The molecule has 0 unspecified atom stereocenters. The molecule has 0 radical (unpaired) electrons. The number of aromatic amines is 2. The van der Waals surface area contributed by atoms with E-state index >= 15 is 0 Å². The van der Waals surface area contributed by atoms with Crippen molar-refractivity contribution in [3.05, 3.63) is 76.8 Å². The minimum atomic E-state index is -0.293. The van der Waals surface area contributed by atoms with Crippen molar-refractivity contribution in [2.24, 2.45) is 0 Å². The van der Waals surface area contributed by atoms with Gasteiger partial charge in [0.15, 0.2) is 0 Å². The number of amides is 1. The zero-order valence-electron chi connectivity index (χ0n) is 14.4. The second-order valence-corrected chi connectivity index (χ2v) is 5.93. The highest BCUT2D eigenvalue weighted by molar-refractivity contribution is 6.08. The summed E-state index contributed by atoms with van der Waals surface area (Å²) in [5.41, 5.74) is 3.36. The number of pyridine rings is 1. The van der Waals surface area contributed by atoms with Crippen LogP contribution in [0.3, 0.4) is 0 Å². The summed E-state index contributed by atoms with van der Waals surface area (Å²) in [5.74, 6) is 0.393. The Morgan fingerprint density at radius 2 is 1.89 bits per heavy atom. The molecule has 0 fully saturated rings. The molecule has 0 aliphatic heterocycles. The second-order valence-electron chi connectivity index (χ2n) is 5.93. The van der Waals surface area contributed by atoms with Gasteiger partial charge in [-0.2, -0.15) is 0 Å². The summed E-state index contributed by atoms with van der Waals surface area (Å²) in [6, 6.07) is 16.0. The Morgan fingerprint density at radius 1 is 1.04 bits per heavy atom. The van der Waals surface area contributed by atoms with E-state index in [1.807, 2.05) is 24.3 Å². The van der Waals surface area contributed by atoms with Crippen LogP contribution in [0.25, 0.3) is 22.3 Å². The van der Waals surface area contributed by atoms with Crippen LogP contribution in [0, 0.1) is 0 Å². The molecule has 7 nitrogen and oxygen atoms in total. The minimum absolute atomic E-state index is 0.291. The van der Waals surface area contributed by atoms with Crippen LogP contribution in [0.2, 0.25) is 0 Å². The summed E-state index contributed by atoms with van der Waals surface area (Å²) < 4.78 is 5.25. The van der Waals surface area contributed by atoms with E-state index in [0.717, 1.165) is 5.56 Å². The molecule has 0 bridgehead atoms. The molecule has 0 aliphatic rings. The molecule has 4 aromatic rings. The maximum absolute atomic E-state index is 12.8. The van der Waals surface area contributed by atoms with Gasteiger partial charge >= 0.3 is 5.69 Å². The number of H-pyrrole nitrogens is 2. The van der Waals surface area contributed by atoms with Gasteiger partial charge in [0, 0.05) is 17.4 Å². The van der Waals surface area contributed by atoms with Gasteiger partial charge in [0.2, 0.25) is 0 Å². The van der Waals surface area contributed by atoms with Crippen LogP contribution in [-0.2, 0) is 0 Å². The molecular weight excluding hydrogens is 344 g/mol. The highest BCUT2D eigenvalue weighted by Gasteiger charge is 2.15. The number of carbonyl (C=O) groups excluding carboxylic acids is 1. The van der Waals surface area contributed by atoms with Gasteiger partial charge < -0.3 is 20.0 Å². The third-order valence-corrected chi connectivity index (χ3v) is 4.17. The van der Waals surface area contributed by atoms with Gasteiger partial charge in [-0.05, 0) is 42.5 Å². The zero-order valence-corrected chi connectivity index (χ0v) is 14.4. The fourth-order valence-electron chi connectivity index (χ4n) is 2.90. The first-order valence-corrected chi connectivity index (χ1v) is 8.27. The van der Waals surface area contributed by atoms with E-state index < -0.39 is 0 Å². The third-order valence-electron chi connectivity index (χ3n) is 4.17. The van der Waals surface area contributed by atoms with Gasteiger partial charge in [-0.25, -0.2) is 4.79 Å². The van der Waals surface area contributed by atoms with Gasteiger partial charge in [-0.15, -0.1) is 0 Å². The molecule has 0 saturated carbocycles. The summed E-state index contributed by atoms with van der Waals surface area (Å²) in [6.45, 7) is 0. The molecule has 0 atom stereocenters. The lowest BCUT2D eigenvalue weighted by Gasteiger charge is -2.10. The lowest BCUT2D eigenvalue weighted by molar-refractivity contribution is 0.102. The van der Waals surface area contributed by atoms with Crippen molar-refractivity contribution >= 4 is 22.6 Å². The topological polar surface area (TPSA) is 99.9 Å². The number of hydrogen-bond acceptors (Lipinski definition) is 4. The van der Waals surface area contributed by atoms with Crippen LogP contribution >= 0.6 is 0 Å². The molecule has 134 valence electrons. The molecule has 0 spiro atoms. The predicted molar refractivity (Wildman–Crippen MR) is 103 cm³/mol. The summed E-state index contributed by atoms with van der Waals surface area (Å²) in [6.07, 6.45) is 1.64. The molecule has 4 rings (SSSR count). The minimum Gasteiger partial charge on any atom is -0.497 e. The van der Waals surface area contributed by atoms with Crippen LogP contribution in [0.5, 0.6) is 5.75 Å². The maximum Gasteiger partial charge on any atom is 0.323 e. The molecule has 2 heterocycles. The van der Waals surface area contributed by atoms with Gasteiger partial charge in [-0.1, -0.05) is 12.1 Å². The molecule has 3 N–H and O–H groups in total. The SMILES string of the molecule is COc1cccc(-c2ncccc2C(=O)Nc2ccc3[nH]c(=O)[nH]c3c2)c1. The van der Waals surface area contributed by atoms with Crippen LogP contribution in [0.4, 0.5) is 5.69 Å². The first-order valence-electron chi connectivity index (χ1n) is 8.27. The van der Waals surface area contributed by atoms with Gasteiger partial charge in [0.25, 0.3) is 5.91 Å². The van der Waals surface area contributed by atoms with E-state index in [1.165, 1.54) is 0 Å². The number of nitrogens with zero attached hydrogens (tertiary/aromatic N) is 1. The number of hydrogen-bond donors (Lipinski definition) is 3. The van der Waals surface area contributed by atoms with Crippen molar-refractivity contribution in [1.29, 1.82) is 0 Å². The molecule has 1 amide bonds. The number of anilines is 1. The Kier molecular flexibility index (Phi) is 4.18. The predicted octanol–water partition coefficient (Wildman–Crippen LogP) is 3.18. The second kappa shape index (κ2) is 6.80. The van der Waals surface area contributed by atoms with Crippen molar-refractivity contribution in [3.63, 3.8) is 0 Å². The first kappa shape index (κ1) is 16.6.